The van der Waals surface area contributed by atoms with Gasteiger partial charge in [0.2, 0.25) is 0 Å². The van der Waals surface area contributed by atoms with Crippen LogP contribution < -0.4 is 0 Å². The Balaban J connectivity index is 2.23. The molecular formula is C18H24O3. The van der Waals surface area contributed by atoms with E-state index in [0.717, 1.165) is 36.8 Å². The van der Waals surface area contributed by atoms with E-state index in [2.05, 4.69) is 20.8 Å². The van der Waals surface area contributed by atoms with Gasteiger partial charge < -0.3 is 10.2 Å². The second kappa shape index (κ2) is 4.49. The van der Waals surface area contributed by atoms with Gasteiger partial charge in [0, 0.05) is 11.1 Å². The molecule has 1 fully saturated rings. The van der Waals surface area contributed by atoms with Gasteiger partial charge in [-0.05, 0) is 48.5 Å². The topological polar surface area (TPSA) is 57.5 Å². The first-order valence-electron chi connectivity index (χ1n) is 7.85. The van der Waals surface area contributed by atoms with Crippen LogP contribution in [0.5, 0.6) is 11.5 Å². The Kier molecular flexibility index (Phi) is 3.09. The average Bonchev–Trinajstić information content (AvgIpc) is 2.40. The van der Waals surface area contributed by atoms with Crippen LogP contribution in [-0.4, -0.2) is 16.5 Å². The van der Waals surface area contributed by atoms with Crippen molar-refractivity contribution < 1.29 is 15.0 Å². The quantitative estimate of drug-likeness (QED) is 0.608. The first kappa shape index (κ1) is 14.4. The predicted octanol–water partition coefficient (Wildman–Crippen LogP) is 3.94. The molecule has 0 heterocycles. The molecule has 2 N–H and O–H groups in total. The van der Waals surface area contributed by atoms with E-state index in [0.29, 0.717) is 12.2 Å². The highest BCUT2D eigenvalue weighted by molar-refractivity contribution is 5.82. The molecular weight excluding hydrogens is 264 g/mol. The number of fused-ring (bicyclic) bond motifs is 3. The fraction of sp³-hybridized carbons (Fsp3) is 0.611. The van der Waals surface area contributed by atoms with Gasteiger partial charge in [0.15, 0.2) is 6.29 Å². The van der Waals surface area contributed by atoms with E-state index in [1.54, 1.807) is 0 Å². The number of aldehydes is 1. The number of carbonyl (C=O) groups is 1. The molecule has 0 amide bonds. The molecule has 0 saturated heterocycles. The van der Waals surface area contributed by atoms with Gasteiger partial charge in [-0.2, -0.15) is 0 Å². The molecule has 1 aromatic carbocycles. The SMILES string of the molecule is CC1(C)CCC[C@]2(C)c3c(O)cc(C=O)c(O)c3CC[C@@H]12. The Hall–Kier alpha value is -1.51. The molecule has 2 atom stereocenters. The van der Waals surface area contributed by atoms with Gasteiger partial charge in [0.05, 0.1) is 5.56 Å². The third-order valence-corrected chi connectivity index (χ3v) is 6.02. The van der Waals surface area contributed by atoms with Crippen LogP contribution in [0.3, 0.4) is 0 Å². The molecule has 1 aromatic rings. The number of hydrogen-bond donors (Lipinski definition) is 2. The van der Waals surface area contributed by atoms with Gasteiger partial charge in [0.1, 0.15) is 11.5 Å². The molecule has 0 spiro atoms. The number of phenols is 2. The summed E-state index contributed by atoms with van der Waals surface area (Å²) in [5, 5.41) is 20.8. The van der Waals surface area contributed by atoms with Crippen LogP contribution in [0.2, 0.25) is 0 Å². The van der Waals surface area contributed by atoms with E-state index >= 15 is 0 Å². The number of carbonyl (C=O) groups excluding carboxylic acids is 1. The van der Waals surface area contributed by atoms with Crippen LogP contribution in [0.15, 0.2) is 6.07 Å². The maximum Gasteiger partial charge on any atom is 0.153 e. The molecule has 0 bridgehead atoms. The minimum Gasteiger partial charge on any atom is -0.508 e. The van der Waals surface area contributed by atoms with E-state index in [4.69, 9.17) is 0 Å². The number of aromatic hydroxyl groups is 2. The third kappa shape index (κ3) is 1.90. The van der Waals surface area contributed by atoms with Crippen molar-refractivity contribution in [2.75, 3.05) is 0 Å². The Morgan fingerprint density at radius 2 is 1.95 bits per heavy atom. The maximum absolute atomic E-state index is 11.1. The molecule has 0 aromatic heterocycles. The summed E-state index contributed by atoms with van der Waals surface area (Å²) in [5.74, 6) is 0.745. The van der Waals surface area contributed by atoms with Crippen molar-refractivity contribution in [3.05, 3.63) is 22.8 Å². The lowest BCUT2D eigenvalue weighted by atomic mass is 9.50. The monoisotopic (exact) mass is 288 g/mol. The summed E-state index contributed by atoms with van der Waals surface area (Å²) >= 11 is 0. The van der Waals surface area contributed by atoms with Gasteiger partial charge in [-0.3, -0.25) is 4.79 Å². The van der Waals surface area contributed by atoms with Crippen molar-refractivity contribution in [3.63, 3.8) is 0 Å². The van der Waals surface area contributed by atoms with Crippen LogP contribution in [0.25, 0.3) is 0 Å². The van der Waals surface area contributed by atoms with Crippen molar-refractivity contribution in [2.45, 2.75) is 58.3 Å². The first-order valence-corrected chi connectivity index (χ1v) is 7.85. The van der Waals surface area contributed by atoms with Crippen LogP contribution >= 0.6 is 0 Å². The normalized spacial score (nSPS) is 30.3. The van der Waals surface area contributed by atoms with Crippen molar-refractivity contribution in [1.82, 2.24) is 0 Å². The summed E-state index contributed by atoms with van der Waals surface area (Å²) in [5.41, 5.74) is 2.00. The van der Waals surface area contributed by atoms with Gasteiger partial charge >= 0.3 is 0 Å². The van der Waals surface area contributed by atoms with E-state index in [1.807, 2.05) is 0 Å². The maximum atomic E-state index is 11.1. The largest absolute Gasteiger partial charge is 0.508 e. The smallest absolute Gasteiger partial charge is 0.153 e. The van der Waals surface area contributed by atoms with E-state index < -0.39 is 0 Å². The molecule has 114 valence electrons. The Morgan fingerprint density at radius 3 is 2.62 bits per heavy atom. The zero-order valence-electron chi connectivity index (χ0n) is 13.1. The summed E-state index contributed by atoms with van der Waals surface area (Å²) in [6, 6.07) is 1.43. The zero-order chi connectivity index (χ0) is 15.4. The van der Waals surface area contributed by atoms with E-state index in [9.17, 15) is 15.0 Å². The lowest BCUT2D eigenvalue weighted by molar-refractivity contribution is 0.0387. The number of hydrogen-bond acceptors (Lipinski definition) is 3. The van der Waals surface area contributed by atoms with Gasteiger partial charge in [-0.1, -0.05) is 27.2 Å². The summed E-state index contributed by atoms with van der Waals surface area (Å²) < 4.78 is 0. The standard InChI is InChI=1S/C18H24O3/c1-17(2)7-4-8-18(3)14(17)6-5-12-15(18)13(20)9-11(10-19)16(12)21/h9-10,14,20-21H,4-8H2,1-3H3/t14-,18-/m0/s1. The summed E-state index contributed by atoms with van der Waals surface area (Å²) in [6.45, 7) is 6.85. The Bertz CT molecular complexity index is 603. The van der Waals surface area contributed by atoms with Gasteiger partial charge in [-0.25, -0.2) is 0 Å². The highest BCUT2D eigenvalue weighted by atomic mass is 16.3. The van der Waals surface area contributed by atoms with Crippen molar-refractivity contribution in [2.24, 2.45) is 11.3 Å². The molecule has 0 aliphatic heterocycles. The zero-order valence-corrected chi connectivity index (χ0v) is 13.1. The van der Waals surface area contributed by atoms with Gasteiger partial charge in [0.25, 0.3) is 0 Å². The lowest BCUT2D eigenvalue weighted by Gasteiger charge is -2.54. The van der Waals surface area contributed by atoms with Crippen molar-refractivity contribution in [1.29, 1.82) is 0 Å². The molecule has 21 heavy (non-hydrogen) atoms. The Morgan fingerprint density at radius 1 is 1.24 bits per heavy atom. The highest BCUT2D eigenvalue weighted by Gasteiger charge is 2.51. The summed E-state index contributed by atoms with van der Waals surface area (Å²) in [4.78, 5) is 11.1. The number of phenolic OH excluding ortho intramolecular Hbond substituents is 2. The van der Waals surface area contributed by atoms with E-state index in [-0.39, 0.29) is 27.9 Å². The molecule has 2 aliphatic rings. The van der Waals surface area contributed by atoms with Crippen molar-refractivity contribution in [3.8, 4) is 11.5 Å². The fourth-order valence-corrected chi connectivity index (χ4v) is 5.12. The van der Waals surface area contributed by atoms with Crippen LogP contribution in [0, 0.1) is 11.3 Å². The lowest BCUT2D eigenvalue weighted by Crippen LogP contribution is -2.47. The highest BCUT2D eigenvalue weighted by Crippen LogP contribution is 2.59. The number of rotatable bonds is 1. The predicted molar refractivity (Wildman–Crippen MR) is 82.0 cm³/mol. The third-order valence-electron chi connectivity index (χ3n) is 6.02. The molecule has 1 saturated carbocycles. The summed E-state index contributed by atoms with van der Waals surface area (Å²) in [7, 11) is 0. The number of benzene rings is 1. The molecule has 0 unspecified atom stereocenters. The minimum atomic E-state index is -0.113. The van der Waals surface area contributed by atoms with Gasteiger partial charge in [-0.15, -0.1) is 0 Å². The van der Waals surface area contributed by atoms with Crippen LogP contribution in [0.1, 0.15) is 67.9 Å². The second-order valence-electron chi connectivity index (χ2n) is 7.66. The molecule has 3 nitrogen and oxygen atoms in total. The molecule has 0 radical (unpaired) electrons. The van der Waals surface area contributed by atoms with Crippen LogP contribution in [-0.2, 0) is 11.8 Å². The Labute approximate surface area is 126 Å². The molecule has 2 aliphatic carbocycles. The van der Waals surface area contributed by atoms with E-state index in [1.165, 1.54) is 12.5 Å². The second-order valence-corrected chi connectivity index (χ2v) is 7.66. The summed E-state index contributed by atoms with van der Waals surface area (Å²) in [6.07, 6.45) is 5.73. The first-order chi connectivity index (χ1) is 9.81. The average molecular weight is 288 g/mol. The fourth-order valence-electron chi connectivity index (χ4n) is 5.12. The minimum absolute atomic E-state index is 0.0702. The molecule has 3 rings (SSSR count). The molecule has 3 heteroatoms. The van der Waals surface area contributed by atoms with Crippen LogP contribution in [0.4, 0.5) is 0 Å². The van der Waals surface area contributed by atoms with Crippen molar-refractivity contribution >= 4 is 6.29 Å².